The lowest BCUT2D eigenvalue weighted by atomic mass is 9.76. The van der Waals surface area contributed by atoms with Gasteiger partial charge in [-0.15, -0.1) is 0 Å². The molecular weight excluding hydrogens is 205 g/mol. The zero-order valence-electron chi connectivity index (χ0n) is 9.34. The Morgan fingerprint density at radius 1 is 1.38 bits per heavy atom. The zero-order chi connectivity index (χ0) is 11.9. The predicted octanol–water partition coefficient (Wildman–Crippen LogP) is -0.269. The van der Waals surface area contributed by atoms with Gasteiger partial charge < -0.3 is 14.9 Å². The van der Waals surface area contributed by atoms with Gasteiger partial charge in [0, 0.05) is 18.2 Å². The molecule has 1 aromatic carbocycles. The molecule has 2 rings (SSSR count). The number of benzene rings is 1. The molecular formula is C11H14BNO3. The van der Waals surface area contributed by atoms with Crippen molar-refractivity contribution in [2.45, 2.75) is 26.4 Å². The summed E-state index contributed by atoms with van der Waals surface area (Å²) in [5, 5.41) is 18.4. The van der Waals surface area contributed by atoms with Crippen LogP contribution >= 0.6 is 0 Å². The van der Waals surface area contributed by atoms with E-state index in [9.17, 15) is 14.8 Å². The second-order valence-electron chi connectivity index (χ2n) is 4.28. The van der Waals surface area contributed by atoms with Crippen LogP contribution in [0.3, 0.4) is 0 Å². The van der Waals surface area contributed by atoms with E-state index in [0.29, 0.717) is 17.6 Å². The Labute approximate surface area is 94.7 Å². The summed E-state index contributed by atoms with van der Waals surface area (Å²) in [6.07, 6.45) is 0. The van der Waals surface area contributed by atoms with E-state index in [0.717, 1.165) is 5.56 Å². The zero-order valence-corrected chi connectivity index (χ0v) is 9.34. The largest absolute Gasteiger partial charge is 0.489 e. The third-order valence-electron chi connectivity index (χ3n) is 2.90. The Morgan fingerprint density at radius 2 is 2.06 bits per heavy atom. The smallest absolute Gasteiger partial charge is 0.423 e. The molecule has 1 amide bonds. The molecule has 16 heavy (non-hydrogen) atoms. The van der Waals surface area contributed by atoms with Gasteiger partial charge in [0.15, 0.2) is 0 Å². The lowest BCUT2D eigenvalue weighted by molar-refractivity contribution is 0.0731. The fourth-order valence-electron chi connectivity index (χ4n) is 2.04. The van der Waals surface area contributed by atoms with Crippen molar-refractivity contribution >= 4 is 18.5 Å². The summed E-state index contributed by atoms with van der Waals surface area (Å²) in [7, 11) is -1.59. The number of hydrogen-bond acceptors (Lipinski definition) is 3. The maximum Gasteiger partial charge on any atom is 0.489 e. The average Bonchev–Trinajstić information content (AvgIpc) is 2.56. The van der Waals surface area contributed by atoms with Crippen molar-refractivity contribution in [1.29, 1.82) is 0 Å². The van der Waals surface area contributed by atoms with E-state index in [1.54, 1.807) is 17.0 Å². The van der Waals surface area contributed by atoms with E-state index in [1.165, 1.54) is 0 Å². The topological polar surface area (TPSA) is 60.8 Å². The lowest BCUT2D eigenvalue weighted by Crippen LogP contribution is -2.37. The highest BCUT2D eigenvalue weighted by Gasteiger charge is 2.33. The SMILES string of the molecule is CC(C)N1Cc2cccc(B(O)O)c2C1=O. The van der Waals surface area contributed by atoms with Gasteiger partial charge >= 0.3 is 7.12 Å². The van der Waals surface area contributed by atoms with Crippen molar-refractivity contribution in [2.24, 2.45) is 0 Å². The second kappa shape index (κ2) is 3.92. The molecule has 1 aromatic rings. The van der Waals surface area contributed by atoms with Gasteiger partial charge in [-0.05, 0) is 24.9 Å². The lowest BCUT2D eigenvalue weighted by Gasteiger charge is -2.20. The van der Waals surface area contributed by atoms with Gasteiger partial charge in [0.1, 0.15) is 0 Å². The number of carbonyl (C=O) groups is 1. The van der Waals surface area contributed by atoms with Crippen LogP contribution in [0.15, 0.2) is 18.2 Å². The molecule has 0 unspecified atom stereocenters. The molecule has 0 saturated heterocycles. The van der Waals surface area contributed by atoms with Crippen LogP contribution in [0.1, 0.15) is 29.8 Å². The highest BCUT2D eigenvalue weighted by molar-refractivity contribution is 6.60. The van der Waals surface area contributed by atoms with Gasteiger partial charge in [0.05, 0.1) is 0 Å². The van der Waals surface area contributed by atoms with Crippen molar-refractivity contribution in [1.82, 2.24) is 4.90 Å². The fraction of sp³-hybridized carbons (Fsp3) is 0.364. The first-order valence-electron chi connectivity index (χ1n) is 5.31. The van der Waals surface area contributed by atoms with E-state index in [1.807, 2.05) is 19.9 Å². The first-order valence-corrected chi connectivity index (χ1v) is 5.31. The van der Waals surface area contributed by atoms with Crippen molar-refractivity contribution in [3.05, 3.63) is 29.3 Å². The molecule has 0 saturated carbocycles. The number of nitrogens with zero attached hydrogens (tertiary/aromatic N) is 1. The maximum atomic E-state index is 12.1. The summed E-state index contributed by atoms with van der Waals surface area (Å²) in [5.74, 6) is -0.117. The highest BCUT2D eigenvalue weighted by Crippen LogP contribution is 2.23. The molecule has 4 nitrogen and oxygen atoms in total. The minimum Gasteiger partial charge on any atom is -0.423 e. The number of carbonyl (C=O) groups excluding carboxylic acids is 1. The monoisotopic (exact) mass is 219 g/mol. The van der Waals surface area contributed by atoms with Crippen LogP contribution in [0, 0.1) is 0 Å². The molecule has 1 heterocycles. The van der Waals surface area contributed by atoms with E-state index < -0.39 is 7.12 Å². The summed E-state index contributed by atoms with van der Waals surface area (Å²) >= 11 is 0. The molecule has 1 aliphatic heterocycles. The van der Waals surface area contributed by atoms with Crippen LogP contribution < -0.4 is 5.46 Å². The third-order valence-corrected chi connectivity index (χ3v) is 2.90. The molecule has 5 heteroatoms. The number of rotatable bonds is 2. The summed E-state index contributed by atoms with van der Waals surface area (Å²) in [6, 6.07) is 5.28. The second-order valence-corrected chi connectivity index (χ2v) is 4.28. The number of hydrogen-bond donors (Lipinski definition) is 2. The average molecular weight is 219 g/mol. The molecule has 0 aliphatic carbocycles. The van der Waals surface area contributed by atoms with E-state index >= 15 is 0 Å². The Hall–Kier alpha value is -1.33. The fourth-order valence-corrected chi connectivity index (χ4v) is 2.04. The Kier molecular flexibility index (Phi) is 2.74. The summed E-state index contributed by atoms with van der Waals surface area (Å²) in [6.45, 7) is 4.43. The van der Waals surface area contributed by atoms with E-state index in [-0.39, 0.29) is 11.9 Å². The van der Waals surface area contributed by atoms with Crippen LogP contribution in [0.5, 0.6) is 0 Å². The summed E-state index contributed by atoms with van der Waals surface area (Å²) in [4.78, 5) is 13.8. The van der Waals surface area contributed by atoms with Gasteiger partial charge in [0.25, 0.3) is 5.91 Å². The van der Waals surface area contributed by atoms with Crippen LogP contribution in [0.25, 0.3) is 0 Å². The van der Waals surface area contributed by atoms with Crippen molar-refractivity contribution in [3.8, 4) is 0 Å². The van der Waals surface area contributed by atoms with Crippen LogP contribution in [-0.4, -0.2) is 34.0 Å². The van der Waals surface area contributed by atoms with Gasteiger partial charge in [-0.1, -0.05) is 18.2 Å². The van der Waals surface area contributed by atoms with Gasteiger partial charge in [0.2, 0.25) is 0 Å². The third kappa shape index (κ3) is 1.62. The van der Waals surface area contributed by atoms with Gasteiger partial charge in [-0.25, -0.2) is 0 Å². The highest BCUT2D eigenvalue weighted by atomic mass is 16.4. The van der Waals surface area contributed by atoms with Crippen LogP contribution in [-0.2, 0) is 6.54 Å². The Balaban J connectivity index is 2.48. The Bertz CT molecular complexity index is 431. The molecule has 1 aliphatic rings. The molecule has 0 spiro atoms. The Morgan fingerprint density at radius 3 is 2.62 bits per heavy atom. The quantitative estimate of drug-likeness (QED) is 0.673. The van der Waals surface area contributed by atoms with Gasteiger partial charge in [-0.3, -0.25) is 4.79 Å². The normalized spacial score (nSPS) is 14.6. The molecule has 0 fully saturated rings. The minimum absolute atomic E-state index is 0.114. The summed E-state index contributed by atoms with van der Waals surface area (Å²) in [5.41, 5.74) is 1.61. The van der Waals surface area contributed by atoms with Crippen LogP contribution in [0.2, 0.25) is 0 Å². The predicted molar refractivity (Wildman–Crippen MR) is 61.3 cm³/mol. The first-order chi connectivity index (χ1) is 7.52. The van der Waals surface area contributed by atoms with Gasteiger partial charge in [-0.2, -0.15) is 0 Å². The first kappa shape index (κ1) is 11.2. The van der Waals surface area contributed by atoms with E-state index in [2.05, 4.69) is 0 Å². The number of amides is 1. The molecule has 0 atom stereocenters. The number of fused-ring (bicyclic) bond motifs is 1. The van der Waals surface area contributed by atoms with Crippen molar-refractivity contribution in [3.63, 3.8) is 0 Å². The molecule has 2 N–H and O–H groups in total. The molecule has 84 valence electrons. The minimum atomic E-state index is -1.59. The molecule has 0 bridgehead atoms. The van der Waals surface area contributed by atoms with Crippen molar-refractivity contribution in [2.75, 3.05) is 0 Å². The van der Waals surface area contributed by atoms with Crippen molar-refractivity contribution < 1.29 is 14.8 Å². The summed E-state index contributed by atoms with van der Waals surface area (Å²) < 4.78 is 0. The van der Waals surface area contributed by atoms with Crippen LogP contribution in [0.4, 0.5) is 0 Å². The van der Waals surface area contributed by atoms with E-state index in [4.69, 9.17) is 0 Å². The maximum absolute atomic E-state index is 12.1. The molecule has 0 aromatic heterocycles. The standard InChI is InChI=1S/C11H14BNO3/c1-7(2)13-6-8-4-3-5-9(12(15)16)10(8)11(13)14/h3-5,7,15-16H,6H2,1-2H3. The molecule has 0 radical (unpaired) electrons.